The summed E-state index contributed by atoms with van der Waals surface area (Å²) in [5.41, 5.74) is 1.07. The molecule has 16 heavy (non-hydrogen) atoms. The smallest absolute Gasteiger partial charge is 0.230 e. The molecule has 0 saturated carbocycles. The zero-order valence-corrected chi connectivity index (χ0v) is 10.7. The number of rotatable bonds is 4. The van der Waals surface area contributed by atoms with Crippen LogP contribution < -0.4 is 5.32 Å². The fraction of sp³-hybridized carbons (Fsp3) is 0.364. The van der Waals surface area contributed by atoms with E-state index in [-0.39, 0.29) is 23.2 Å². The van der Waals surface area contributed by atoms with Crippen molar-refractivity contribution in [1.29, 1.82) is 0 Å². The van der Waals surface area contributed by atoms with Gasteiger partial charge in [-0.25, -0.2) is 20.9 Å². The summed E-state index contributed by atoms with van der Waals surface area (Å²) in [7, 11) is -0.288. The van der Waals surface area contributed by atoms with Crippen LogP contribution in [0.1, 0.15) is 12.0 Å². The molecule has 1 aromatic rings. The topological polar surface area (TPSA) is 54.9 Å². The fourth-order valence-electron chi connectivity index (χ4n) is 1.25. The second kappa shape index (κ2) is 5.65. The van der Waals surface area contributed by atoms with Crippen LogP contribution in [0.4, 0.5) is 5.95 Å². The Morgan fingerprint density at radius 2 is 2.31 bits per heavy atom. The van der Waals surface area contributed by atoms with E-state index in [1.54, 1.807) is 12.3 Å². The van der Waals surface area contributed by atoms with Gasteiger partial charge >= 0.3 is 0 Å². The SMILES string of the molecule is C=CCC(=O)Nc1ncc(C)c([SH](C)C)n1. The standard InChI is InChI=1S/C11H17N3OS/c1-5-6-9(15)13-11-12-7-8(2)10(14-11)16(3)4/h5,7,16H,1,6H2,2-4H3,(H,12,13,14,15). The Bertz CT molecular complexity index is 404. The Labute approximate surface area is 98.5 Å². The van der Waals surface area contributed by atoms with Gasteiger partial charge in [0.2, 0.25) is 11.9 Å². The lowest BCUT2D eigenvalue weighted by atomic mass is 10.4. The number of thiol groups is 1. The van der Waals surface area contributed by atoms with Crippen molar-refractivity contribution in [2.24, 2.45) is 0 Å². The minimum Gasteiger partial charge on any atom is -0.294 e. The molecule has 0 bridgehead atoms. The average molecular weight is 239 g/mol. The summed E-state index contributed by atoms with van der Waals surface area (Å²) in [5.74, 6) is 0.241. The molecule has 0 aliphatic rings. The largest absolute Gasteiger partial charge is 0.294 e. The van der Waals surface area contributed by atoms with Crippen LogP contribution in [0, 0.1) is 6.92 Å². The molecule has 0 aliphatic carbocycles. The van der Waals surface area contributed by atoms with Crippen LogP contribution in [0.5, 0.6) is 0 Å². The van der Waals surface area contributed by atoms with Crippen LogP contribution in [0.25, 0.3) is 0 Å². The van der Waals surface area contributed by atoms with Gasteiger partial charge in [0.15, 0.2) is 0 Å². The third-order valence-electron chi connectivity index (χ3n) is 1.95. The number of nitrogens with zero attached hydrogens (tertiary/aromatic N) is 2. The predicted octanol–water partition coefficient (Wildman–Crippen LogP) is 1.92. The van der Waals surface area contributed by atoms with Crippen LogP contribution in [-0.2, 0) is 4.79 Å². The highest BCUT2D eigenvalue weighted by atomic mass is 32.2. The first kappa shape index (κ1) is 12.7. The Morgan fingerprint density at radius 1 is 1.62 bits per heavy atom. The normalized spacial score (nSPS) is 10.8. The Morgan fingerprint density at radius 3 is 2.88 bits per heavy atom. The van der Waals surface area contributed by atoms with E-state index in [0.29, 0.717) is 5.95 Å². The molecule has 88 valence electrons. The second-order valence-electron chi connectivity index (χ2n) is 3.64. The highest BCUT2D eigenvalue weighted by Crippen LogP contribution is 2.29. The lowest BCUT2D eigenvalue weighted by Crippen LogP contribution is -2.13. The molecule has 1 rings (SSSR count). The van der Waals surface area contributed by atoms with Crippen LogP contribution in [0.2, 0.25) is 0 Å². The molecule has 0 saturated heterocycles. The zero-order valence-electron chi connectivity index (χ0n) is 9.82. The molecule has 4 nitrogen and oxygen atoms in total. The van der Waals surface area contributed by atoms with Gasteiger partial charge in [0.1, 0.15) is 0 Å². The maximum Gasteiger partial charge on any atom is 0.230 e. The lowest BCUT2D eigenvalue weighted by molar-refractivity contribution is -0.115. The fourth-order valence-corrected chi connectivity index (χ4v) is 2.31. The molecule has 0 fully saturated rings. The average Bonchev–Trinajstić information content (AvgIpc) is 2.21. The van der Waals surface area contributed by atoms with Gasteiger partial charge in [0.05, 0.1) is 5.03 Å². The monoisotopic (exact) mass is 239 g/mol. The number of hydrogen-bond acceptors (Lipinski definition) is 3. The number of carbonyl (C=O) groups is 1. The molecular weight excluding hydrogens is 222 g/mol. The number of hydrogen-bond donors (Lipinski definition) is 2. The Kier molecular flexibility index (Phi) is 4.49. The van der Waals surface area contributed by atoms with Crippen LogP contribution in [-0.4, -0.2) is 28.4 Å². The van der Waals surface area contributed by atoms with Gasteiger partial charge in [-0.3, -0.25) is 10.1 Å². The van der Waals surface area contributed by atoms with Crippen molar-refractivity contribution < 1.29 is 4.79 Å². The molecule has 0 radical (unpaired) electrons. The highest BCUT2D eigenvalue weighted by molar-refractivity contribution is 8.15. The first-order valence-electron chi connectivity index (χ1n) is 4.96. The van der Waals surface area contributed by atoms with Crippen molar-refractivity contribution in [3.8, 4) is 0 Å². The Hall–Kier alpha value is -1.36. The van der Waals surface area contributed by atoms with E-state index in [2.05, 4.69) is 34.4 Å². The first-order chi connectivity index (χ1) is 7.54. The molecular formula is C11H17N3OS. The lowest BCUT2D eigenvalue weighted by Gasteiger charge is -2.12. The minimum atomic E-state index is -0.288. The molecule has 0 aromatic carbocycles. The summed E-state index contributed by atoms with van der Waals surface area (Å²) < 4.78 is 0. The van der Waals surface area contributed by atoms with Gasteiger partial charge in [0.25, 0.3) is 0 Å². The predicted molar refractivity (Wildman–Crippen MR) is 69.3 cm³/mol. The number of amides is 1. The van der Waals surface area contributed by atoms with Gasteiger partial charge in [-0.1, -0.05) is 6.08 Å². The van der Waals surface area contributed by atoms with Crippen LogP contribution >= 0.6 is 10.9 Å². The molecule has 0 unspecified atom stereocenters. The van der Waals surface area contributed by atoms with Crippen molar-refractivity contribution in [3.05, 3.63) is 24.4 Å². The molecule has 1 N–H and O–H groups in total. The van der Waals surface area contributed by atoms with E-state index >= 15 is 0 Å². The van der Waals surface area contributed by atoms with Crippen molar-refractivity contribution in [1.82, 2.24) is 9.97 Å². The van der Waals surface area contributed by atoms with Gasteiger partial charge in [-0.05, 0) is 25.0 Å². The quantitative estimate of drug-likeness (QED) is 0.479. The third kappa shape index (κ3) is 3.34. The van der Waals surface area contributed by atoms with Gasteiger partial charge in [0, 0.05) is 12.6 Å². The van der Waals surface area contributed by atoms with Gasteiger partial charge < -0.3 is 0 Å². The van der Waals surface area contributed by atoms with Crippen LogP contribution in [0.3, 0.4) is 0 Å². The summed E-state index contributed by atoms with van der Waals surface area (Å²) in [6, 6.07) is 0. The molecule has 0 aliphatic heterocycles. The summed E-state index contributed by atoms with van der Waals surface area (Å²) in [6.07, 6.45) is 7.82. The second-order valence-corrected chi connectivity index (χ2v) is 5.85. The van der Waals surface area contributed by atoms with E-state index < -0.39 is 0 Å². The molecule has 0 spiro atoms. The van der Waals surface area contributed by atoms with Crippen LogP contribution in [0.15, 0.2) is 23.9 Å². The molecule has 5 heteroatoms. The number of aromatic nitrogens is 2. The summed E-state index contributed by atoms with van der Waals surface area (Å²) in [5, 5.41) is 3.67. The molecule has 1 aromatic heterocycles. The Balaban J connectivity index is 2.86. The summed E-state index contributed by atoms with van der Waals surface area (Å²) >= 11 is 0. The molecule has 1 heterocycles. The van der Waals surface area contributed by atoms with E-state index in [9.17, 15) is 4.79 Å². The van der Waals surface area contributed by atoms with E-state index in [1.807, 2.05) is 6.92 Å². The first-order valence-corrected chi connectivity index (χ1v) is 7.20. The number of nitrogens with one attached hydrogen (secondary N) is 1. The van der Waals surface area contributed by atoms with E-state index in [4.69, 9.17) is 0 Å². The number of aryl methyl sites for hydroxylation is 1. The van der Waals surface area contributed by atoms with Gasteiger partial charge in [-0.2, -0.15) is 0 Å². The molecule has 1 amide bonds. The third-order valence-corrected chi connectivity index (χ3v) is 3.25. The summed E-state index contributed by atoms with van der Waals surface area (Å²) in [4.78, 5) is 19.7. The zero-order chi connectivity index (χ0) is 12.1. The number of carbonyl (C=O) groups excluding carboxylic acids is 1. The van der Waals surface area contributed by atoms with Crippen molar-refractivity contribution in [3.63, 3.8) is 0 Å². The van der Waals surface area contributed by atoms with Crippen molar-refractivity contribution >= 4 is 22.8 Å². The maximum absolute atomic E-state index is 11.3. The van der Waals surface area contributed by atoms with E-state index in [1.165, 1.54) is 0 Å². The summed E-state index contributed by atoms with van der Waals surface area (Å²) in [6.45, 7) is 5.48. The van der Waals surface area contributed by atoms with Crippen molar-refractivity contribution in [2.75, 3.05) is 17.8 Å². The minimum absolute atomic E-state index is 0.138. The van der Waals surface area contributed by atoms with Crippen molar-refractivity contribution in [2.45, 2.75) is 18.4 Å². The number of anilines is 1. The molecule has 0 atom stereocenters. The maximum atomic E-state index is 11.3. The van der Waals surface area contributed by atoms with Gasteiger partial charge in [-0.15, -0.1) is 6.58 Å². The highest BCUT2D eigenvalue weighted by Gasteiger charge is 2.07. The van der Waals surface area contributed by atoms with E-state index in [0.717, 1.165) is 10.6 Å².